The molecule has 1 aliphatic rings. The molecule has 3 aromatic rings. The topological polar surface area (TPSA) is 102 Å². The first kappa shape index (κ1) is 22.0. The first-order valence-electron chi connectivity index (χ1n) is 10.5. The lowest BCUT2D eigenvalue weighted by Gasteiger charge is -2.18. The van der Waals surface area contributed by atoms with Crippen LogP contribution in [-0.4, -0.2) is 32.9 Å². The van der Waals surface area contributed by atoms with Crippen LogP contribution < -0.4 is 10.0 Å². The highest BCUT2D eigenvalue weighted by molar-refractivity contribution is 7.89. The van der Waals surface area contributed by atoms with Crippen LogP contribution in [0, 0.1) is 0 Å². The molecule has 166 valence electrons. The Morgan fingerprint density at radius 2 is 1.62 bits per heavy atom. The van der Waals surface area contributed by atoms with Gasteiger partial charge in [0, 0.05) is 18.2 Å². The average molecular weight is 453 g/mol. The molecule has 2 N–H and O–H groups in total. The molecule has 0 spiro atoms. The van der Waals surface area contributed by atoms with E-state index < -0.39 is 22.1 Å². The first-order valence-corrected chi connectivity index (χ1v) is 11.9. The maximum Gasteiger partial charge on any atom is 0.308 e. The molecule has 0 bridgehead atoms. The van der Waals surface area contributed by atoms with Crippen LogP contribution in [0.1, 0.15) is 30.9 Å². The van der Waals surface area contributed by atoms with Crippen molar-refractivity contribution >= 4 is 32.7 Å². The largest absolute Gasteiger partial charge is 0.447 e. The molecular weight excluding hydrogens is 428 g/mol. The van der Waals surface area contributed by atoms with Crippen molar-refractivity contribution in [3.8, 4) is 0 Å². The van der Waals surface area contributed by atoms with Crippen LogP contribution in [0.5, 0.6) is 0 Å². The second-order valence-corrected chi connectivity index (χ2v) is 9.49. The van der Waals surface area contributed by atoms with Crippen LogP contribution in [0.15, 0.2) is 77.7 Å². The molecule has 7 nitrogen and oxygen atoms in total. The van der Waals surface area contributed by atoms with Gasteiger partial charge in [-0.2, -0.15) is 0 Å². The number of carbonyl (C=O) groups is 2. The maximum absolute atomic E-state index is 12.6. The quantitative estimate of drug-likeness (QED) is 0.486. The zero-order valence-corrected chi connectivity index (χ0v) is 18.2. The molecule has 0 heterocycles. The molecule has 1 unspecified atom stereocenters. The molecule has 1 aliphatic carbocycles. The highest BCUT2D eigenvalue weighted by atomic mass is 32.2. The summed E-state index contributed by atoms with van der Waals surface area (Å²) in [5, 5.41) is 4.59. The van der Waals surface area contributed by atoms with E-state index in [1.165, 1.54) is 6.07 Å². The second-order valence-electron chi connectivity index (χ2n) is 7.72. The monoisotopic (exact) mass is 452 g/mol. The van der Waals surface area contributed by atoms with E-state index in [-0.39, 0.29) is 29.8 Å². The summed E-state index contributed by atoms with van der Waals surface area (Å²) in [7, 11) is -3.79. The van der Waals surface area contributed by atoms with Crippen molar-refractivity contribution < 1.29 is 22.7 Å². The molecule has 32 heavy (non-hydrogen) atoms. The predicted molar refractivity (Wildman–Crippen MR) is 120 cm³/mol. The van der Waals surface area contributed by atoms with Crippen molar-refractivity contribution in [1.82, 2.24) is 10.0 Å². The SMILES string of the molecule is O=C(CCNS(=O)(=O)c1ccc2ccccc2c1)OC(C(=O)NC1CC1)c1ccccc1. The van der Waals surface area contributed by atoms with Gasteiger partial charge in [-0.15, -0.1) is 0 Å². The molecule has 8 heteroatoms. The van der Waals surface area contributed by atoms with Crippen molar-refractivity contribution in [3.05, 3.63) is 78.4 Å². The number of hydrogen-bond acceptors (Lipinski definition) is 5. The van der Waals surface area contributed by atoms with Crippen molar-refractivity contribution in [2.45, 2.75) is 36.3 Å². The van der Waals surface area contributed by atoms with Crippen molar-refractivity contribution in [2.24, 2.45) is 0 Å². The Bertz CT molecular complexity index is 1220. The number of fused-ring (bicyclic) bond motifs is 1. The van der Waals surface area contributed by atoms with Gasteiger partial charge in [-0.05, 0) is 35.7 Å². The zero-order valence-electron chi connectivity index (χ0n) is 17.4. The van der Waals surface area contributed by atoms with Crippen LogP contribution >= 0.6 is 0 Å². The fourth-order valence-corrected chi connectivity index (χ4v) is 4.37. The van der Waals surface area contributed by atoms with E-state index in [9.17, 15) is 18.0 Å². The molecule has 4 rings (SSSR count). The van der Waals surface area contributed by atoms with Crippen LogP contribution in [0.2, 0.25) is 0 Å². The maximum atomic E-state index is 12.6. The Kier molecular flexibility index (Phi) is 6.53. The fraction of sp³-hybridized carbons (Fsp3) is 0.250. The molecule has 1 atom stereocenters. The normalized spacial score (nSPS) is 14.6. The van der Waals surface area contributed by atoms with Gasteiger partial charge in [0.25, 0.3) is 5.91 Å². The van der Waals surface area contributed by atoms with Gasteiger partial charge in [-0.3, -0.25) is 9.59 Å². The lowest BCUT2D eigenvalue weighted by Crippen LogP contribution is -2.34. The van der Waals surface area contributed by atoms with Gasteiger partial charge in [-0.25, -0.2) is 13.1 Å². The molecule has 0 radical (unpaired) electrons. The Balaban J connectivity index is 1.36. The van der Waals surface area contributed by atoms with Gasteiger partial charge in [0.05, 0.1) is 11.3 Å². The summed E-state index contributed by atoms with van der Waals surface area (Å²) >= 11 is 0. The van der Waals surface area contributed by atoms with Gasteiger partial charge in [0.2, 0.25) is 16.1 Å². The molecular formula is C24H24N2O5S. The third-order valence-corrected chi connectivity index (χ3v) is 6.62. The number of benzene rings is 3. The van der Waals surface area contributed by atoms with Crippen LogP contribution in [-0.2, 0) is 24.3 Å². The number of rotatable bonds is 9. The van der Waals surface area contributed by atoms with Crippen LogP contribution in [0.4, 0.5) is 0 Å². The molecule has 0 aliphatic heterocycles. The number of sulfonamides is 1. The van der Waals surface area contributed by atoms with E-state index in [4.69, 9.17) is 4.74 Å². The van der Waals surface area contributed by atoms with E-state index in [2.05, 4.69) is 10.0 Å². The summed E-state index contributed by atoms with van der Waals surface area (Å²) in [6.45, 7) is -0.139. The number of nitrogens with one attached hydrogen (secondary N) is 2. The molecule has 0 saturated heterocycles. The van der Waals surface area contributed by atoms with Crippen molar-refractivity contribution in [1.29, 1.82) is 0 Å². The summed E-state index contributed by atoms with van der Waals surface area (Å²) in [5.41, 5.74) is 0.566. The van der Waals surface area contributed by atoms with Gasteiger partial charge in [0.15, 0.2) is 0 Å². The Morgan fingerprint density at radius 3 is 2.34 bits per heavy atom. The Hall–Kier alpha value is -3.23. The van der Waals surface area contributed by atoms with E-state index in [0.29, 0.717) is 5.56 Å². The average Bonchev–Trinajstić information content (AvgIpc) is 3.61. The number of ether oxygens (including phenoxy) is 1. The Morgan fingerprint density at radius 1 is 0.938 bits per heavy atom. The predicted octanol–water partition coefficient (Wildman–Crippen LogP) is 3.07. The number of hydrogen-bond donors (Lipinski definition) is 2. The van der Waals surface area contributed by atoms with E-state index in [1.54, 1.807) is 36.4 Å². The van der Waals surface area contributed by atoms with Crippen LogP contribution in [0.3, 0.4) is 0 Å². The lowest BCUT2D eigenvalue weighted by atomic mass is 10.1. The molecule has 3 aromatic carbocycles. The van der Waals surface area contributed by atoms with Gasteiger partial charge in [0.1, 0.15) is 0 Å². The highest BCUT2D eigenvalue weighted by Crippen LogP contribution is 2.23. The molecule has 1 fully saturated rings. The number of esters is 1. The summed E-state index contributed by atoms with van der Waals surface area (Å²) in [4.78, 5) is 25.1. The zero-order chi connectivity index (χ0) is 22.6. The minimum atomic E-state index is -3.79. The van der Waals surface area contributed by atoms with E-state index >= 15 is 0 Å². The van der Waals surface area contributed by atoms with Crippen molar-refractivity contribution in [2.75, 3.05) is 6.54 Å². The van der Waals surface area contributed by atoms with Crippen molar-refractivity contribution in [3.63, 3.8) is 0 Å². The summed E-state index contributed by atoms with van der Waals surface area (Å²) in [6, 6.07) is 21.2. The number of carbonyl (C=O) groups excluding carboxylic acids is 2. The van der Waals surface area contributed by atoms with Gasteiger partial charge in [-0.1, -0.05) is 60.7 Å². The minimum Gasteiger partial charge on any atom is -0.447 e. The molecule has 0 aromatic heterocycles. The summed E-state index contributed by atoms with van der Waals surface area (Å²) < 4.78 is 33.1. The Labute approximate surface area is 186 Å². The minimum absolute atomic E-state index is 0.121. The summed E-state index contributed by atoms with van der Waals surface area (Å²) in [6.07, 6.45) is 0.559. The smallest absolute Gasteiger partial charge is 0.308 e. The first-order chi connectivity index (χ1) is 15.4. The third-order valence-electron chi connectivity index (χ3n) is 5.17. The molecule has 1 saturated carbocycles. The number of amides is 1. The fourth-order valence-electron chi connectivity index (χ4n) is 3.30. The standard InChI is InChI=1S/C24H24N2O5S/c27-22(31-23(18-7-2-1-3-8-18)24(28)26-20-11-12-20)14-15-25-32(29,30)21-13-10-17-6-4-5-9-19(17)16-21/h1-10,13,16,20,23,25H,11-12,14-15H2,(H,26,28). The highest BCUT2D eigenvalue weighted by Gasteiger charge is 2.30. The second kappa shape index (κ2) is 9.50. The lowest BCUT2D eigenvalue weighted by molar-refractivity contribution is -0.156. The van der Waals surface area contributed by atoms with Gasteiger partial charge >= 0.3 is 5.97 Å². The summed E-state index contributed by atoms with van der Waals surface area (Å²) in [5.74, 6) is -1.03. The van der Waals surface area contributed by atoms with E-state index in [1.807, 2.05) is 30.3 Å². The molecule has 1 amide bonds. The van der Waals surface area contributed by atoms with E-state index in [0.717, 1.165) is 23.6 Å². The van der Waals surface area contributed by atoms with Gasteiger partial charge < -0.3 is 10.1 Å². The third kappa shape index (κ3) is 5.52. The van der Waals surface area contributed by atoms with Crippen LogP contribution in [0.25, 0.3) is 10.8 Å².